The lowest BCUT2D eigenvalue weighted by Gasteiger charge is -2.13. The fraction of sp³-hybridized carbons (Fsp3) is 0.222. The number of esters is 1. The normalized spacial score (nSPS) is 18.0. The van der Waals surface area contributed by atoms with E-state index in [0.717, 1.165) is 16.7 Å². The third kappa shape index (κ3) is 3.71. The average molecular weight is 358 g/mol. The van der Waals surface area contributed by atoms with Crippen molar-refractivity contribution >= 4 is 21.7 Å². The van der Waals surface area contributed by atoms with E-state index < -0.39 is 22.1 Å². The number of carbonyl (C=O) groups is 1. The number of nitrogens with one attached hydrogen (secondary N) is 1. The van der Waals surface area contributed by atoms with Crippen LogP contribution in [0.25, 0.3) is 0 Å². The van der Waals surface area contributed by atoms with Crippen molar-refractivity contribution in [1.29, 1.82) is 0 Å². The number of hydrazone groups is 1. The second-order valence-electron chi connectivity index (χ2n) is 5.88. The minimum atomic E-state index is -3.78. The number of carbonyl (C=O) groups excluding carboxylic acids is 1. The summed E-state index contributed by atoms with van der Waals surface area (Å²) in [5, 5.41) is 4.04. The lowest BCUT2D eigenvalue weighted by atomic mass is 10.1. The highest BCUT2D eigenvalue weighted by molar-refractivity contribution is 7.89. The first-order valence-electron chi connectivity index (χ1n) is 7.77. The quantitative estimate of drug-likeness (QED) is 0.672. The van der Waals surface area contributed by atoms with Crippen LogP contribution in [0.4, 0.5) is 0 Å². The van der Waals surface area contributed by atoms with Crippen LogP contribution >= 0.6 is 0 Å². The number of nitrogens with zero attached hydrogens (tertiary/aromatic N) is 1. The lowest BCUT2D eigenvalue weighted by Crippen LogP contribution is -2.23. The highest BCUT2D eigenvalue weighted by Gasteiger charge is 2.31. The minimum absolute atomic E-state index is 0.127. The van der Waals surface area contributed by atoms with Gasteiger partial charge in [-0.15, -0.1) is 0 Å². The zero-order chi connectivity index (χ0) is 18.0. The highest BCUT2D eigenvalue weighted by atomic mass is 32.2. The minimum Gasteiger partial charge on any atom is -0.451 e. The number of hydrogen-bond donors (Lipinski definition) is 1. The van der Waals surface area contributed by atoms with Gasteiger partial charge in [-0.25, -0.2) is 0 Å². The molecule has 2 aromatic rings. The van der Waals surface area contributed by atoms with Gasteiger partial charge in [-0.1, -0.05) is 42.0 Å². The summed E-state index contributed by atoms with van der Waals surface area (Å²) in [7, 11) is -3.78. The van der Waals surface area contributed by atoms with Gasteiger partial charge in [0.2, 0.25) is 0 Å². The first-order chi connectivity index (χ1) is 11.9. The van der Waals surface area contributed by atoms with Crippen molar-refractivity contribution in [3.05, 3.63) is 65.2 Å². The van der Waals surface area contributed by atoms with E-state index in [9.17, 15) is 13.2 Å². The van der Waals surface area contributed by atoms with E-state index in [1.807, 2.05) is 31.2 Å². The Hall–Kier alpha value is -2.67. The fourth-order valence-electron chi connectivity index (χ4n) is 2.70. The monoisotopic (exact) mass is 358 g/mol. The Kier molecular flexibility index (Phi) is 4.59. The van der Waals surface area contributed by atoms with Crippen LogP contribution in [0.1, 0.15) is 29.7 Å². The standard InChI is InChI=1S/C18H18N2O4S/c1-12-7-9-15(10-8-12)25(22,23)20-19-17-11-14-5-3-4-6-16(14)18(17)24-13(2)21/h3-10,18,20H,11H2,1-2H3/b19-17+. The van der Waals surface area contributed by atoms with Crippen molar-refractivity contribution in [2.45, 2.75) is 31.3 Å². The molecule has 0 amide bonds. The van der Waals surface area contributed by atoms with Crippen molar-refractivity contribution in [2.75, 3.05) is 0 Å². The molecule has 0 heterocycles. The van der Waals surface area contributed by atoms with Crippen LogP contribution in [0.3, 0.4) is 0 Å². The van der Waals surface area contributed by atoms with Gasteiger partial charge in [0, 0.05) is 18.9 Å². The molecule has 1 atom stereocenters. The number of sulfonamides is 1. The summed E-state index contributed by atoms with van der Waals surface area (Å²) in [6.07, 6.45) is -0.251. The zero-order valence-corrected chi connectivity index (χ0v) is 14.7. The smallest absolute Gasteiger partial charge is 0.303 e. The lowest BCUT2D eigenvalue weighted by molar-refractivity contribution is -0.143. The molecule has 1 aliphatic rings. The maximum absolute atomic E-state index is 12.4. The summed E-state index contributed by atoms with van der Waals surface area (Å²) in [4.78, 5) is 13.8. The molecule has 7 heteroatoms. The Labute approximate surface area is 146 Å². The number of hydrogen-bond acceptors (Lipinski definition) is 5. The number of benzene rings is 2. The van der Waals surface area contributed by atoms with E-state index in [2.05, 4.69) is 9.93 Å². The molecule has 0 fully saturated rings. The van der Waals surface area contributed by atoms with Gasteiger partial charge in [-0.3, -0.25) is 4.79 Å². The molecule has 0 aromatic heterocycles. The van der Waals surface area contributed by atoms with Gasteiger partial charge in [0.1, 0.15) is 0 Å². The summed E-state index contributed by atoms with van der Waals surface area (Å²) < 4.78 is 30.1. The molecule has 2 aromatic carbocycles. The van der Waals surface area contributed by atoms with Crippen LogP contribution in [-0.4, -0.2) is 20.1 Å². The van der Waals surface area contributed by atoms with Crippen molar-refractivity contribution in [3.63, 3.8) is 0 Å². The van der Waals surface area contributed by atoms with Crippen LogP contribution in [0.2, 0.25) is 0 Å². The maximum atomic E-state index is 12.4. The second-order valence-corrected chi connectivity index (χ2v) is 7.54. The van der Waals surface area contributed by atoms with Gasteiger partial charge >= 0.3 is 5.97 Å². The van der Waals surface area contributed by atoms with Gasteiger partial charge in [0.05, 0.1) is 10.6 Å². The van der Waals surface area contributed by atoms with E-state index >= 15 is 0 Å². The van der Waals surface area contributed by atoms with Crippen LogP contribution in [-0.2, 0) is 26.0 Å². The molecule has 0 bridgehead atoms. The molecular weight excluding hydrogens is 340 g/mol. The topological polar surface area (TPSA) is 84.8 Å². The molecule has 1 aliphatic carbocycles. The zero-order valence-electron chi connectivity index (χ0n) is 13.9. The molecule has 0 radical (unpaired) electrons. The Bertz CT molecular complexity index is 934. The SMILES string of the molecule is CC(=O)OC1/C(=N/NS(=O)(=O)c2ccc(C)cc2)Cc2ccccc21. The Morgan fingerprint density at radius 3 is 2.52 bits per heavy atom. The molecular formula is C18H18N2O4S. The van der Waals surface area contributed by atoms with E-state index in [1.54, 1.807) is 12.1 Å². The molecule has 0 spiro atoms. The van der Waals surface area contributed by atoms with Crippen LogP contribution in [0.5, 0.6) is 0 Å². The molecule has 0 saturated carbocycles. The molecule has 0 aliphatic heterocycles. The number of ether oxygens (including phenoxy) is 1. The third-order valence-corrected chi connectivity index (χ3v) is 5.16. The predicted octanol–water partition coefficient (Wildman–Crippen LogP) is 2.49. The van der Waals surface area contributed by atoms with E-state index in [4.69, 9.17) is 4.74 Å². The summed E-state index contributed by atoms with van der Waals surface area (Å²) >= 11 is 0. The van der Waals surface area contributed by atoms with Gasteiger partial charge in [-0.2, -0.15) is 18.4 Å². The Morgan fingerprint density at radius 1 is 1.16 bits per heavy atom. The van der Waals surface area contributed by atoms with E-state index in [0.29, 0.717) is 12.1 Å². The number of rotatable bonds is 4. The highest BCUT2D eigenvalue weighted by Crippen LogP contribution is 2.32. The van der Waals surface area contributed by atoms with Crippen molar-refractivity contribution in [3.8, 4) is 0 Å². The van der Waals surface area contributed by atoms with Crippen molar-refractivity contribution in [2.24, 2.45) is 5.10 Å². The first-order valence-corrected chi connectivity index (χ1v) is 9.25. The van der Waals surface area contributed by atoms with Gasteiger partial charge < -0.3 is 4.74 Å². The van der Waals surface area contributed by atoms with E-state index in [1.165, 1.54) is 19.1 Å². The second kappa shape index (κ2) is 6.68. The van der Waals surface area contributed by atoms with Crippen LogP contribution in [0.15, 0.2) is 58.5 Å². The molecule has 25 heavy (non-hydrogen) atoms. The van der Waals surface area contributed by atoms with Crippen LogP contribution in [0, 0.1) is 6.92 Å². The van der Waals surface area contributed by atoms with Gasteiger partial charge in [0.15, 0.2) is 6.10 Å². The van der Waals surface area contributed by atoms with Gasteiger partial charge in [0.25, 0.3) is 10.0 Å². The third-order valence-electron chi connectivity index (χ3n) is 3.94. The summed E-state index contributed by atoms with van der Waals surface area (Å²) in [5.74, 6) is -0.448. The average Bonchev–Trinajstić information content (AvgIpc) is 2.91. The molecule has 130 valence electrons. The summed E-state index contributed by atoms with van der Waals surface area (Å²) in [6.45, 7) is 3.19. The predicted molar refractivity (Wildman–Crippen MR) is 93.6 cm³/mol. The number of aryl methyl sites for hydroxylation is 1. The Morgan fingerprint density at radius 2 is 1.84 bits per heavy atom. The Balaban J connectivity index is 1.87. The summed E-state index contributed by atoms with van der Waals surface area (Å²) in [5.41, 5.74) is 3.20. The van der Waals surface area contributed by atoms with Crippen LogP contribution < -0.4 is 4.83 Å². The molecule has 6 nitrogen and oxygen atoms in total. The number of fused-ring (bicyclic) bond motifs is 1. The van der Waals surface area contributed by atoms with Crippen molar-refractivity contribution < 1.29 is 17.9 Å². The molecule has 1 N–H and O–H groups in total. The molecule has 3 rings (SSSR count). The largest absolute Gasteiger partial charge is 0.451 e. The fourth-order valence-corrected chi connectivity index (χ4v) is 3.54. The molecule has 1 unspecified atom stereocenters. The van der Waals surface area contributed by atoms with Gasteiger partial charge in [-0.05, 0) is 24.6 Å². The first kappa shape index (κ1) is 17.2. The maximum Gasteiger partial charge on any atom is 0.303 e. The summed E-state index contributed by atoms with van der Waals surface area (Å²) in [6, 6.07) is 13.9. The molecule has 0 saturated heterocycles. The van der Waals surface area contributed by atoms with Crippen molar-refractivity contribution in [1.82, 2.24) is 4.83 Å². The van der Waals surface area contributed by atoms with E-state index in [-0.39, 0.29) is 4.90 Å².